The third-order valence-corrected chi connectivity index (χ3v) is 5.57. The van der Waals surface area contributed by atoms with Crippen LogP contribution in [-0.4, -0.2) is 38.8 Å². The molecule has 0 aliphatic carbocycles. The van der Waals surface area contributed by atoms with Gasteiger partial charge in [-0.2, -0.15) is 0 Å². The number of hydrogen-bond donors (Lipinski definition) is 2. The van der Waals surface area contributed by atoms with Gasteiger partial charge < -0.3 is 20.3 Å². The summed E-state index contributed by atoms with van der Waals surface area (Å²) in [5.74, 6) is -1.68. The minimum atomic E-state index is -1.33. The summed E-state index contributed by atoms with van der Waals surface area (Å²) in [6.45, 7) is 2.25. The Morgan fingerprint density at radius 2 is 2.04 bits per heavy atom. The number of hydrogen-bond acceptors (Lipinski definition) is 5. The van der Waals surface area contributed by atoms with Crippen molar-refractivity contribution in [3.05, 3.63) is 33.9 Å². The van der Waals surface area contributed by atoms with Gasteiger partial charge in [-0.05, 0) is 38.7 Å². The van der Waals surface area contributed by atoms with E-state index in [9.17, 15) is 19.1 Å². The SMILES string of the molecule is CCn1cc(C(=O)O)c(=O)c2cc(F)c(N3[C@@H]4CC[C@H]3C[C@@H](N)C4)nc21. The van der Waals surface area contributed by atoms with Gasteiger partial charge in [-0.1, -0.05) is 0 Å². The van der Waals surface area contributed by atoms with Crippen LogP contribution in [0.4, 0.5) is 10.2 Å². The summed E-state index contributed by atoms with van der Waals surface area (Å²) in [5, 5.41) is 9.22. The normalized spacial score (nSPS) is 25.0. The highest BCUT2D eigenvalue weighted by atomic mass is 19.1. The van der Waals surface area contributed by atoms with Crippen LogP contribution < -0.4 is 16.1 Å². The molecule has 0 aromatic carbocycles. The number of rotatable bonds is 3. The molecule has 2 aromatic rings. The van der Waals surface area contributed by atoms with Crippen LogP contribution in [0.2, 0.25) is 0 Å². The molecule has 3 N–H and O–H groups in total. The molecule has 138 valence electrons. The molecule has 0 unspecified atom stereocenters. The number of pyridine rings is 2. The van der Waals surface area contributed by atoms with Gasteiger partial charge in [-0.15, -0.1) is 0 Å². The number of halogens is 1. The lowest BCUT2D eigenvalue weighted by Gasteiger charge is -2.38. The van der Waals surface area contributed by atoms with Crippen molar-refractivity contribution < 1.29 is 14.3 Å². The lowest BCUT2D eigenvalue weighted by Crippen LogP contribution is -2.48. The lowest BCUT2D eigenvalue weighted by atomic mass is 9.98. The van der Waals surface area contributed by atoms with E-state index in [1.165, 1.54) is 6.20 Å². The van der Waals surface area contributed by atoms with E-state index in [4.69, 9.17) is 5.73 Å². The van der Waals surface area contributed by atoms with Gasteiger partial charge in [0.1, 0.15) is 11.2 Å². The van der Waals surface area contributed by atoms with Crippen molar-refractivity contribution in [1.29, 1.82) is 0 Å². The van der Waals surface area contributed by atoms with Crippen LogP contribution in [0.5, 0.6) is 0 Å². The molecule has 2 aliphatic rings. The Morgan fingerprint density at radius 3 is 2.62 bits per heavy atom. The van der Waals surface area contributed by atoms with Crippen molar-refractivity contribution in [3.63, 3.8) is 0 Å². The van der Waals surface area contributed by atoms with E-state index in [0.29, 0.717) is 12.2 Å². The molecule has 3 atom stereocenters. The van der Waals surface area contributed by atoms with Crippen LogP contribution in [0.15, 0.2) is 17.1 Å². The molecule has 4 heterocycles. The summed E-state index contributed by atoms with van der Waals surface area (Å²) in [5.41, 5.74) is 5.32. The summed E-state index contributed by atoms with van der Waals surface area (Å²) < 4.78 is 16.5. The molecule has 0 saturated carbocycles. The third-order valence-electron chi connectivity index (χ3n) is 5.57. The van der Waals surface area contributed by atoms with Crippen molar-refractivity contribution in [1.82, 2.24) is 9.55 Å². The second-order valence-electron chi connectivity index (χ2n) is 7.15. The fraction of sp³-hybridized carbons (Fsp3) is 0.500. The Bertz CT molecular complexity index is 944. The van der Waals surface area contributed by atoms with Crippen molar-refractivity contribution in [3.8, 4) is 0 Å². The average Bonchev–Trinajstić information content (AvgIpc) is 2.86. The summed E-state index contributed by atoms with van der Waals surface area (Å²) >= 11 is 0. The zero-order valence-corrected chi connectivity index (χ0v) is 14.5. The first-order chi connectivity index (χ1) is 12.4. The van der Waals surface area contributed by atoms with E-state index in [2.05, 4.69) is 4.98 Å². The smallest absolute Gasteiger partial charge is 0.341 e. The summed E-state index contributed by atoms with van der Waals surface area (Å²) in [7, 11) is 0. The molecule has 0 amide bonds. The molecule has 0 spiro atoms. The largest absolute Gasteiger partial charge is 0.477 e. The first kappa shape index (κ1) is 17.0. The minimum absolute atomic E-state index is 0.00550. The van der Waals surface area contributed by atoms with Crippen LogP contribution in [0.25, 0.3) is 11.0 Å². The molecule has 26 heavy (non-hydrogen) atoms. The highest BCUT2D eigenvalue weighted by Gasteiger charge is 2.41. The number of carboxylic acids is 1. The van der Waals surface area contributed by atoms with Crippen LogP contribution in [0, 0.1) is 5.82 Å². The predicted molar refractivity (Wildman–Crippen MR) is 95.1 cm³/mol. The maximum Gasteiger partial charge on any atom is 0.341 e. The molecule has 2 aromatic heterocycles. The molecule has 7 nitrogen and oxygen atoms in total. The number of carboxylic acid groups (broad SMARTS) is 1. The van der Waals surface area contributed by atoms with Crippen LogP contribution in [-0.2, 0) is 6.54 Å². The fourth-order valence-electron chi connectivity index (χ4n) is 4.42. The van der Waals surface area contributed by atoms with Gasteiger partial charge in [-0.3, -0.25) is 4.79 Å². The number of carbonyl (C=O) groups is 1. The Labute approximate surface area is 149 Å². The van der Waals surface area contributed by atoms with Crippen LogP contribution >= 0.6 is 0 Å². The first-order valence-corrected chi connectivity index (χ1v) is 8.91. The zero-order valence-electron chi connectivity index (χ0n) is 14.5. The van der Waals surface area contributed by atoms with Crippen molar-refractivity contribution in [2.75, 3.05) is 4.90 Å². The lowest BCUT2D eigenvalue weighted by molar-refractivity contribution is 0.0695. The number of nitrogens with zero attached hydrogens (tertiary/aromatic N) is 3. The van der Waals surface area contributed by atoms with Gasteiger partial charge in [0.05, 0.1) is 5.39 Å². The Kier molecular flexibility index (Phi) is 3.95. The molecule has 2 fully saturated rings. The van der Waals surface area contributed by atoms with E-state index in [1.54, 1.807) is 4.57 Å². The predicted octanol–water partition coefficient (Wildman–Crippen LogP) is 1.71. The summed E-state index contributed by atoms with van der Waals surface area (Å²) in [4.78, 5) is 30.2. The quantitative estimate of drug-likeness (QED) is 0.864. The fourth-order valence-corrected chi connectivity index (χ4v) is 4.42. The standard InChI is InChI=1S/C18H21FN4O3/c1-2-22-8-13(18(25)26)15(24)12-7-14(19)17(21-16(12)22)23-10-3-4-11(23)6-9(20)5-10/h7-11H,2-6,20H2,1H3,(H,25,26)/t9-,10+,11-. The van der Waals surface area contributed by atoms with E-state index in [-0.39, 0.29) is 34.9 Å². The van der Waals surface area contributed by atoms with Gasteiger partial charge in [0.2, 0.25) is 5.43 Å². The molecular weight excluding hydrogens is 339 g/mol. The average molecular weight is 360 g/mol. The molecule has 8 heteroatoms. The first-order valence-electron chi connectivity index (χ1n) is 8.91. The van der Waals surface area contributed by atoms with Gasteiger partial charge in [0.15, 0.2) is 11.6 Å². The number of aryl methyl sites for hydroxylation is 1. The minimum Gasteiger partial charge on any atom is -0.477 e. The molecule has 2 aliphatic heterocycles. The Balaban J connectivity index is 1.91. The van der Waals surface area contributed by atoms with E-state index in [1.807, 2.05) is 11.8 Å². The van der Waals surface area contributed by atoms with E-state index < -0.39 is 17.2 Å². The molecule has 0 radical (unpaired) electrons. The van der Waals surface area contributed by atoms with E-state index >= 15 is 0 Å². The van der Waals surface area contributed by atoms with Crippen molar-refractivity contribution >= 4 is 22.8 Å². The van der Waals surface area contributed by atoms with Gasteiger partial charge in [0, 0.05) is 30.9 Å². The zero-order chi connectivity index (χ0) is 18.6. The molecular formula is C18H21FN4O3. The number of nitrogens with two attached hydrogens (primary N) is 1. The molecule has 2 bridgehead atoms. The molecule has 2 saturated heterocycles. The maximum absolute atomic E-state index is 14.9. The Hall–Kier alpha value is -2.48. The second-order valence-corrected chi connectivity index (χ2v) is 7.15. The maximum atomic E-state index is 14.9. The summed E-state index contributed by atoms with van der Waals surface area (Å²) in [6, 6.07) is 1.57. The van der Waals surface area contributed by atoms with Crippen molar-refractivity contribution in [2.45, 2.75) is 57.3 Å². The highest BCUT2D eigenvalue weighted by molar-refractivity contribution is 5.92. The monoisotopic (exact) mass is 360 g/mol. The number of piperidine rings is 1. The topological polar surface area (TPSA) is 101 Å². The van der Waals surface area contributed by atoms with Crippen LogP contribution in [0.1, 0.15) is 43.0 Å². The number of anilines is 1. The number of fused-ring (bicyclic) bond motifs is 3. The number of aromatic nitrogens is 2. The summed E-state index contributed by atoms with van der Waals surface area (Å²) in [6.07, 6.45) is 4.79. The van der Waals surface area contributed by atoms with Gasteiger partial charge in [0.25, 0.3) is 0 Å². The highest BCUT2D eigenvalue weighted by Crippen LogP contribution is 2.39. The van der Waals surface area contributed by atoms with E-state index in [0.717, 1.165) is 31.7 Å². The number of aromatic carboxylic acids is 1. The second kappa shape index (κ2) is 6.05. The Morgan fingerprint density at radius 1 is 1.38 bits per heavy atom. The van der Waals surface area contributed by atoms with Crippen molar-refractivity contribution in [2.24, 2.45) is 5.73 Å². The molecule has 4 rings (SSSR count). The van der Waals surface area contributed by atoms with Gasteiger partial charge >= 0.3 is 5.97 Å². The van der Waals surface area contributed by atoms with Gasteiger partial charge in [-0.25, -0.2) is 14.2 Å². The third kappa shape index (κ3) is 2.47. The van der Waals surface area contributed by atoms with Crippen LogP contribution in [0.3, 0.4) is 0 Å².